The van der Waals surface area contributed by atoms with Crippen molar-refractivity contribution in [3.63, 3.8) is 0 Å². The number of para-hydroxylation sites is 1. The molecule has 0 saturated carbocycles. The number of rotatable bonds is 3. The van der Waals surface area contributed by atoms with Crippen LogP contribution in [0, 0.1) is 0 Å². The predicted molar refractivity (Wildman–Crippen MR) is 72.4 cm³/mol. The van der Waals surface area contributed by atoms with Crippen LogP contribution in [-0.4, -0.2) is 29.2 Å². The number of imidazole rings is 1. The van der Waals surface area contributed by atoms with E-state index in [4.69, 9.17) is 9.47 Å². The van der Waals surface area contributed by atoms with Gasteiger partial charge in [-0.15, -0.1) is 0 Å². The summed E-state index contributed by atoms with van der Waals surface area (Å²) in [6.45, 7) is 0. The third-order valence-corrected chi connectivity index (χ3v) is 2.94. The number of aromatic nitrogens is 3. The third kappa shape index (κ3) is 1.89. The summed E-state index contributed by atoms with van der Waals surface area (Å²) in [6, 6.07) is 7.58. The summed E-state index contributed by atoms with van der Waals surface area (Å²) in [5.74, 6) is 2.08. The molecular formula is C14H13N3O2. The lowest BCUT2D eigenvalue weighted by molar-refractivity contribution is 0.356. The first-order valence-corrected chi connectivity index (χ1v) is 5.84. The van der Waals surface area contributed by atoms with Gasteiger partial charge in [-0.1, -0.05) is 6.07 Å². The summed E-state index contributed by atoms with van der Waals surface area (Å²) in [7, 11) is 3.23. The Kier molecular flexibility index (Phi) is 2.79. The van der Waals surface area contributed by atoms with Gasteiger partial charge >= 0.3 is 0 Å². The van der Waals surface area contributed by atoms with Gasteiger partial charge in [0.1, 0.15) is 11.3 Å². The molecule has 0 radical (unpaired) electrons. The molecule has 0 amide bonds. The third-order valence-electron chi connectivity index (χ3n) is 2.94. The van der Waals surface area contributed by atoms with Crippen molar-refractivity contribution in [2.45, 2.75) is 0 Å². The minimum absolute atomic E-state index is 0.664. The largest absolute Gasteiger partial charge is 0.493 e. The molecule has 5 nitrogen and oxygen atoms in total. The van der Waals surface area contributed by atoms with Crippen molar-refractivity contribution in [3.05, 3.63) is 36.7 Å². The second-order valence-electron chi connectivity index (χ2n) is 4.02. The molecule has 1 N–H and O–H groups in total. The Hall–Kier alpha value is -2.56. The fraction of sp³-hybridized carbons (Fsp3) is 0.143. The van der Waals surface area contributed by atoms with Crippen molar-refractivity contribution < 1.29 is 9.47 Å². The maximum Gasteiger partial charge on any atom is 0.171 e. The number of ether oxygens (including phenoxy) is 2. The number of fused-ring (bicyclic) bond motifs is 1. The molecule has 0 unspecified atom stereocenters. The monoisotopic (exact) mass is 255 g/mol. The van der Waals surface area contributed by atoms with Crippen LogP contribution in [0.2, 0.25) is 0 Å². The Labute approximate surface area is 110 Å². The summed E-state index contributed by atoms with van der Waals surface area (Å²) in [6.07, 6.45) is 3.45. The smallest absolute Gasteiger partial charge is 0.171 e. The van der Waals surface area contributed by atoms with Crippen molar-refractivity contribution in [1.29, 1.82) is 0 Å². The number of pyridine rings is 1. The van der Waals surface area contributed by atoms with Gasteiger partial charge in [-0.3, -0.25) is 4.98 Å². The highest BCUT2D eigenvalue weighted by atomic mass is 16.5. The first kappa shape index (κ1) is 11.5. The van der Waals surface area contributed by atoms with Gasteiger partial charge < -0.3 is 14.5 Å². The van der Waals surface area contributed by atoms with Gasteiger partial charge in [-0.05, 0) is 18.2 Å². The van der Waals surface area contributed by atoms with Crippen LogP contribution in [0.3, 0.4) is 0 Å². The minimum atomic E-state index is 0.664. The molecule has 0 saturated heterocycles. The fourth-order valence-electron chi connectivity index (χ4n) is 2.06. The van der Waals surface area contributed by atoms with Gasteiger partial charge in [0.15, 0.2) is 11.5 Å². The second-order valence-corrected chi connectivity index (χ2v) is 4.02. The van der Waals surface area contributed by atoms with Crippen molar-refractivity contribution in [1.82, 2.24) is 15.0 Å². The van der Waals surface area contributed by atoms with Crippen LogP contribution in [0.25, 0.3) is 22.4 Å². The van der Waals surface area contributed by atoms with Crippen LogP contribution in [0.5, 0.6) is 11.5 Å². The Balaban J connectivity index is 2.20. The van der Waals surface area contributed by atoms with Gasteiger partial charge in [-0.2, -0.15) is 0 Å². The van der Waals surface area contributed by atoms with Gasteiger partial charge in [0.25, 0.3) is 0 Å². The lowest BCUT2D eigenvalue weighted by Gasteiger charge is -2.10. The van der Waals surface area contributed by atoms with E-state index in [1.54, 1.807) is 26.6 Å². The van der Waals surface area contributed by atoms with Crippen LogP contribution in [0.4, 0.5) is 0 Å². The first-order chi connectivity index (χ1) is 9.33. The Morgan fingerprint density at radius 3 is 2.74 bits per heavy atom. The summed E-state index contributed by atoms with van der Waals surface area (Å²) < 4.78 is 10.7. The number of methoxy groups -OCH3 is 2. The molecule has 1 aromatic carbocycles. The van der Waals surface area contributed by atoms with Crippen molar-refractivity contribution in [2.24, 2.45) is 0 Å². The number of H-pyrrole nitrogens is 1. The zero-order valence-electron chi connectivity index (χ0n) is 10.7. The zero-order valence-corrected chi connectivity index (χ0v) is 10.7. The van der Waals surface area contributed by atoms with Crippen LogP contribution in [0.1, 0.15) is 0 Å². The summed E-state index contributed by atoms with van der Waals surface area (Å²) in [5.41, 5.74) is 2.62. The summed E-state index contributed by atoms with van der Waals surface area (Å²) in [4.78, 5) is 11.8. The van der Waals surface area contributed by atoms with Crippen molar-refractivity contribution >= 4 is 11.0 Å². The van der Waals surface area contributed by atoms with Crippen LogP contribution < -0.4 is 9.47 Å². The average molecular weight is 255 g/mol. The molecule has 96 valence electrons. The maximum atomic E-state index is 5.42. The van der Waals surface area contributed by atoms with E-state index in [1.165, 1.54) is 0 Å². The topological polar surface area (TPSA) is 60.0 Å². The molecule has 19 heavy (non-hydrogen) atoms. The van der Waals surface area contributed by atoms with Crippen LogP contribution in [0.15, 0.2) is 36.7 Å². The second kappa shape index (κ2) is 4.61. The van der Waals surface area contributed by atoms with Crippen molar-refractivity contribution in [2.75, 3.05) is 14.2 Å². The van der Waals surface area contributed by atoms with Gasteiger partial charge in [0, 0.05) is 6.20 Å². The molecule has 0 bridgehead atoms. The van der Waals surface area contributed by atoms with Gasteiger partial charge in [-0.25, -0.2) is 4.98 Å². The van der Waals surface area contributed by atoms with E-state index in [0.717, 1.165) is 22.4 Å². The van der Waals surface area contributed by atoms with E-state index in [1.807, 2.05) is 24.3 Å². The van der Waals surface area contributed by atoms with E-state index in [-0.39, 0.29) is 0 Å². The molecular weight excluding hydrogens is 242 g/mol. The number of nitrogens with one attached hydrogen (secondary N) is 1. The molecule has 0 aliphatic carbocycles. The van der Waals surface area contributed by atoms with Gasteiger partial charge in [0.2, 0.25) is 0 Å². The number of benzene rings is 1. The van der Waals surface area contributed by atoms with E-state index in [0.29, 0.717) is 11.5 Å². The summed E-state index contributed by atoms with van der Waals surface area (Å²) in [5, 5.41) is 0. The van der Waals surface area contributed by atoms with E-state index < -0.39 is 0 Å². The quantitative estimate of drug-likeness (QED) is 0.781. The molecule has 3 aromatic rings. The normalized spacial score (nSPS) is 10.6. The first-order valence-electron chi connectivity index (χ1n) is 5.84. The lowest BCUT2D eigenvalue weighted by Crippen LogP contribution is -1.93. The Morgan fingerprint density at radius 1 is 1.11 bits per heavy atom. The molecule has 0 spiro atoms. The molecule has 0 aliphatic rings. The molecule has 2 heterocycles. The minimum Gasteiger partial charge on any atom is -0.493 e. The summed E-state index contributed by atoms with van der Waals surface area (Å²) >= 11 is 0. The molecule has 2 aromatic heterocycles. The van der Waals surface area contributed by atoms with E-state index in [2.05, 4.69) is 15.0 Å². The number of nitrogens with zero attached hydrogens (tertiary/aromatic N) is 2. The molecule has 0 fully saturated rings. The number of hydrogen-bond acceptors (Lipinski definition) is 4. The predicted octanol–water partition coefficient (Wildman–Crippen LogP) is 2.64. The molecule has 0 atom stereocenters. The number of hydrogen-bond donors (Lipinski definition) is 1. The van der Waals surface area contributed by atoms with Crippen LogP contribution >= 0.6 is 0 Å². The zero-order chi connectivity index (χ0) is 13.2. The Bertz CT molecular complexity index is 689. The highest BCUT2D eigenvalue weighted by Gasteiger charge is 2.14. The van der Waals surface area contributed by atoms with E-state index >= 15 is 0 Å². The molecule has 0 aliphatic heterocycles. The highest BCUT2D eigenvalue weighted by molar-refractivity contribution is 5.80. The van der Waals surface area contributed by atoms with Crippen LogP contribution in [-0.2, 0) is 0 Å². The van der Waals surface area contributed by atoms with E-state index in [9.17, 15) is 0 Å². The Morgan fingerprint density at radius 2 is 2.00 bits per heavy atom. The van der Waals surface area contributed by atoms with Crippen molar-refractivity contribution in [3.8, 4) is 22.9 Å². The molecule has 3 rings (SSSR count). The fourth-order valence-corrected chi connectivity index (χ4v) is 2.06. The lowest BCUT2D eigenvalue weighted by atomic mass is 10.1. The maximum absolute atomic E-state index is 5.42. The number of aromatic amines is 1. The molecule has 5 heteroatoms. The SMILES string of the molecule is COc1cccc(-c2nc3cnccc3[nH]2)c1OC. The average Bonchev–Trinajstić information content (AvgIpc) is 2.89. The standard InChI is InChI=1S/C14H13N3O2/c1-18-12-5-3-4-9(13(12)19-2)14-16-10-6-7-15-8-11(10)17-14/h3-8H,1-2H3,(H,16,17). The highest BCUT2D eigenvalue weighted by Crippen LogP contribution is 2.36. The van der Waals surface area contributed by atoms with Gasteiger partial charge in [0.05, 0.1) is 31.5 Å².